The molecule has 1 rings (SSSR count). The molecule has 1 aromatic rings. The topological polar surface area (TPSA) is 15.3 Å². The molecule has 0 bridgehead atoms. The van der Waals surface area contributed by atoms with Crippen LogP contribution in [0, 0.1) is 0 Å². The summed E-state index contributed by atoms with van der Waals surface area (Å²) in [4.78, 5) is 2.22. The highest BCUT2D eigenvalue weighted by molar-refractivity contribution is 5.27. The van der Waals surface area contributed by atoms with Gasteiger partial charge in [0.1, 0.15) is 0 Å². The van der Waals surface area contributed by atoms with E-state index in [-0.39, 0.29) is 0 Å². The Labute approximate surface area is 99.7 Å². The fraction of sp³-hybridized carbons (Fsp3) is 0.571. The van der Waals surface area contributed by atoms with Crippen molar-refractivity contribution in [2.24, 2.45) is 0 Å². The minimum Gasteiger partial charge on any atom is -0.314 e. The summed E-state index contributed by atoms with van der Waals surface area (Å²) < 4.78 is 0. The monoisotopic (exact) mass is 220 g/mol. The van der Waals surface area contributed by atoms with Crippen molar-refractivity contribution in [2.45, 2.75) is 32.9 Å². The van der Waals surface area contributed by atoms with E-state index in [1.807, 2.05) is 0 Å². The Morgan fingerprint density at radius 2 is 1.75 bits per heavy atom. The summed E-state index contributed by atoms with van der Waals surface area (Å²) in [5.74, 6) is 0. The molecular formula is C14H24N2. The van der Waals surface area contributed by atoms with Crippen LogP contribution in [0.15, 0.2) is 24.3 Å². The van der Waals surface area contributed by atoms with Crippen molar-refractivity contribution in [3.8, 4) is 0 Å². The van der Waals surface area contributed by atoms with Crippen LogP contribution in [0.2, 0.25) is 0 Å². The van der Waals surface area contributed by atoms with E-state index < -0.39 is 0 Å². The lowest BCUT2D eigenvalue weighted by Crippen LogP contribution is -2.25. The van der Waals surface area contributed by atoms with Crippen LogP contribution in [0.1, 0.15) is 25.0 Å². The van der Waals surface area contributed by atoms with Crippen LogP contribution in [0.5, 0.6) is 0 Å². The summed E-state index contributed by atoms with van der Waals surface area (Å²) in [6.07, 6.45) is 1.11. The Morgan fingerprint density at radius 3 is 2.31 bits per heavy atom. The molecule has 0 spiro atoms. The first-order valence-electron chi connectivity index (χ1n) is 6.04. The van der Waals surface area contributed by atoms with Gasteiger partial charge in [0.2, 0.25) is 0 Å². The molecule has 0 aliphatic rings. The molecule has 0 atom stereocenters. The van der Waals surface area contributed by atoms with Crippen molar-refractivity contribution in [3.63, 3.8) is 0 Å². The molecule has 0 fully saturated rings. The minimum absolute atomic E-state index is 0.570. The molecule has 0 saturated heterocycles. The van der Waals surface area contributed by atoms with Crippen molar-refractivity contribution >= 4 is 0 Å². The number of hydrogen-bond donors (Lipinski definition) is 1. The van der Waals surface area contributed by atoms with Gasteiger partial charge in [-0.15, -0.1) is 0 Å². The van der Waals surface area contributed by atoms with Gasteiger partial charge in [-0.2, -0.15) is 0 Å². The molecule has 0 amide bonds. The van der Waals surface area contributed by atoms with Crippen LogP contribution in [0.25, 0.3) is 0 Å². The zero-order valence-corrected chi connectivity index (χ0v) is 11.0. The van der Waals surface area contributed by atoms with Gasteiger partial charge < -0.3 is 10.2 Å². The predicted octanol–water partition coefficient (Wildman–Crippen LogP) is 2.29. The third-order valence-electron chi connectivity index (χ3n) is 2.55. The van der Waals surface area contributed by atoms with Crippen LogP contribution in [-0.2, 0) is 13.0 Å². The first kappa shape index (κ1) is 13.2. The van der Waals surface area contributed by atoms with Crippen molar-refractivity contribution in [1.82, 2.24) is 10.2 Å². The number of nitrogens with one attached hydrogen (secondary N) is 1. The second kappa shape index (κ2) is 6.66. The first-order valence-corrected chi connectivity index (χ1v) is 6.04. The molecule has 1 N–H and O–H groups in total. The Balaban J connectivity index is 2.56. The highest BCUT2D eigenvalue weighted by atomic mass is 15.0. The van der Waals surface area contributed by atoms with Crippen LogP contribution in [0.3, 0.4) is 0 Å². The SMILES string of the molecule is CC(C)NCCc1ccccc1CN(C)C. The van der Waals surface area contributed by atoms with Gasteiger partial charge in [0.15, 0.2) is 0 Å². The molecule has 16 heavy (non-hydrogen) atoms. The van der Waals surface area contributed by atoms with Crippen LogP contribution < -0.4 is 5.32 Å². The molecule has 0 radical (unpaired) electrons. The number of rotatable bonds is 6. The van der Waals surface area contributed by atoms with Crippen molar-refractivity contribution in [2.75, 3.05) is 20.6 Å². The van der Waals surface area contributed by atoms with Gasteiger partial charge in [0.05, 0.1) is 0 Å². The summed E-state index contributed by atoms with van der Waals surface area (Å²) in [7, 11) is 4.23. The normalized spacial score (nSPS) is 11.4. The summed E-state index contributed by atoms with van der Waals surface area (Å²) in [6, 6.07) is 9.29. The van der Waals surface area contributed by atoms with Crippen molar-refractivity contribution in [3.05, 3.63) is 35.4 Å². The maximum atomic E-state index is 3.46. The average Bonchev–Trinajstić information content (AvgIpc) is 2.19. The summed E-state index contributed by atoms with van der Waals surface area (Å²) in [5.41, 5.74) is 2.91. The Morgan fingerprint density at radius 1 is 1.12 bits per heavy atom. The lowest BCUT2D eigenvalue weighted by Gasteiger charge is -2.15. The molecule has 0 aliphatic carbocycles. The number of hydrogen-bond acceptors (Lipinski definition) is 2. The van der Waals surface area contributed by atoms with E-state index in [9.17, 15) is 0 Å². The lowest BCUT2D eigenvalue weighted by atomic mass is 10.0. The van der Waals surface area contributed by atoms with E-state index in [0.29, 0.717) is 6.04 Å². The summed E-state index contributed by atoms with van der Waals surface area (Å²) in [6.45, 7) is 6.46. The van der Waals surface area contributed by atoms with Crippen LogP contribution >= 0.6 is 0 Å². The van der Waals surface area contributed by atoms with Crippen molar-refractivity contribution in [1.29, 1.82) is 0 Å². The number of nitrogens with zero attached hydrogens (tertiary/aromatic N) is 1. The van der Waals surface area contributed by atoms with Gasteiger partial charge in [-0.05, 0) is 38.2 Å². The highest BCUT2D eigenvalue weighted by Gasteiger charge is 2.02. The predicted molar refractivity (Wildman–Crippen MR) is 70.7 cm³/mol. The fourth-order valence-corrected chi connectivity index (χ4v) is 1.79. The summed E-state index contributed by atoms with van der Waals surface area (Å²) >= 11 is 0. The van der Waals surface area contributed by atoms with E-state index in [4.69, 9.17) is 0 Å². The molecule has 0 aromatic heterocycles. The molecule has 90 valence electrons. The Bertz CT molecular complexity index is 305. The van der Waals surface area contributed by atoms with Gasteiger partial charge in [0, 0.05) is 12.6 Å². The molecule has 0 aliphatic heterocycles. The molecular weight excluding hydrogens is 196 g/mol. The van der Waals surface area contributed by atoms with E-state index in [1.54, 1.807) is 0 Å². The second-order valence-electron chi connectivity index (χ2n) is 4.87. The molecule has 2 nitrogen and oxygen atoms in total. The first-order chi connectivity index (χ1) is 7.59. The molecule has 0 unspecified atom stereocenters. The smallest absolute Gasteiger partial charge is 0.0230 e. The number of benzene rings is 1. The van der Waals surface area contributed by atoms with E-state index >= 15 is 0 Å². The molecule has 1 aromatic carbocycles. The van der Waals surface area contributed by atoms with E-state index in [2.05, 4.69) is 62.4 Å². The largest absolute Gasteiger partial charge is 0.314 e. The zero-order valence-electron chi connectivity index (χ0n) is 11.0. The van der Waals surface area contributed by atoms with Gasteiger partial charge in [-0.1, -0.05) is 38.1 Å². The average molecular weight is 220 g/mol. The van der Waals surface area contributed by atoms with Gasteiger partial charge in [-0.3, -0.25) is 0 Å². The van der Waals surface area contributed by atoms with E-state index in [1.165, 1.54) is 11.1 Å². The summed E-state index contributed by atoms with van der Waals surface area (Å²) in [5, 5.41) is 3.46. The zero-order chi connectivity index (χ0) is 12.0. The Hall–Kier alpha value is -0.860. The van der Waals surface area contributed by atoms with Gasteiger partial charge in [0.25, 0.3) is 0 Å². The van der Waals surface area contributed by atoms with E-state index in [0.717, 1.165) is 19.5 Å². The maximum Gasteiger partial charge on any atom is 0.0230 e. The van der Waals surface area contributed by atoms with Gasteiger partial charge in [-0.25, -0.2) is 0 Å². The standard InChI is InChI=1S/C14H24N2/c1-12(2)15-10-9-13-7-5-6-8-14(13)11-16(3)4/h5-8,12,15H,9-11H2,1-4H3. The lowest BCUT2D eigenvalue weighted by molar-refractivity contribution is 0.400. The van der Waals surface area contributed by atoms with Gasteiger partial charge >= 0.3 is 0 Å². The van der Waals surface area contributed by atoms with Crippen LogP contribution in [-0.4, -0.2) is 31.6 Å². The second-order valence-corrected chi connectivity index (χ2v) is 4.87. The maximum absolute atomic E-state index is 3.46. The Kier molecular flexibility index (Phi) is 5.50. The third kappa shape index (κ3) is 4.77. The minimum atomic E-state index is 0.570. The fourth-order valence-electron chi connectivity index (χ4n) is 1.79. The molecule has 0 heterocycles. The highest BCUT2D eigenvalue weighted by Crippen LogP contribution is 2.10. The van der Waals surface area contributed by atoms with Crippen molar-refractivity contribution < 1.29 is 0 Å². The molecule has 2 heteroatoms. The molecule has 0 saturated carbocycles. The quantitative estimate of drug-likeness (QED) is 0.791. The van der Waals surface area contributed by atoms with Crippen LogP contribution in [0.4, 0.5) is 0 Å². The third-order valence-corrected chi connectivity index (χ3v) is 2.55.